The van der Waals surface area contributed by atoms with E-state index in [0.29, 0.717) is 5.82 Å². The van der Waals surface area contributed by atoms with Crippen LogP contribution in [-0.2, 0) is 0 Å². The molecule has 0 amide bonds. The summed E-state index contributed by atoms with van der Waals surface area (Å²) in [6, 6.07) is 9.94. The van der Waals surface area contributed by atoms with Crippen LogP contribution in [0.4, 0.5) is 17.2 Å². The van der Waals surface area contributed by atoms with Crippen LogP contribution in [0, 0.1) is 13.8 Å². The van der Waals surface area contributed by atoms with Crippen LogP contribution in [0.1, 0.15) is 11.1 Å². The monoisotopic (exact) mass is 254 g/mol. The number of aromatic nitrogens is 1. The topological polar surface area (TPSA) is 40.9 Å². The number of hydrogen-bond acceptors (Lipinski definition) is 4. The Morgan fingerprint density at radius 3 is 2.37 bits per heavy atom. The summed E-state index contributed by atoms with van der Waals surface area (Å²) in [5.74, 6) is 0.627. The van der Waals surface area contributed by atoms with Gasteiger partial charge in [-0.2, -0.15) is 0 Å². The van der Waals surface area contributed by atoms with Crippen molar-refractivity contribution in [1.82, 2.24) is 4.98 Å². The maximum atomic E-state index is 4.25. The van der Waals surface area contributed by atoms with E-state index < -0.39 is 0 Å². The minimum atomic E-state index is 0.627. The molecule has 0 aliphatic heterocycles. The first-order chi connectivity index (χ1) is 9.06. The Balaban J connectivity index is 2.21. The number of nitrogens with zero attached hydrogens (tertiary/aromatic N) is 4. The molecule has 2 aromatic rings. The highest BCUT2D eigenvalue weighted by Gasteiger charge is 2.00. The third-order valence-corrected chi connectivity index (χ3v) is 2.85. The first-order valence-electron chi connectivity index (χ1n) is 6.18. The van der Waals surface area contributed by atoms with Crippen LogP contribution in [0.15, 0.2) is 46.8 Å². The first kappa shape index (κ1) is 13.2. The zero-order chi connectivity index (χ0) is 13.8. The highest BCUT2D eigenvalue weighted by Crippen LogP contribution is 2.25. The van der Waals surface area contributed by atoms with Crippen LogP contribution < -0.4 is 4.90 Å². The SMILES string of the molecule is Cc1ccc(N=Nc2ccc(N(C)C)cc2C)nc1. The second-order valence-corrected chi connectivity index (χ2v) is 4.76. The van der Waals surface area contributed by atoms with Crippen LogP contribution >= 0.6 is 0 Å². The molecular weight excluding hydrogens is 236 g/mol. The van der Waals surface area contributed by atoms with Crippen molar-refractivity contribution in [3.63, 3.8) is 0 Å². The van der Waals surface area contributed by atoms with Crippen LogP contribution in [-0.4, -0.2) is 19.1 Å². The summed E-state index contributed by atoms with van der Waals surface area (Å²) in [6.07, 6.45) is 1.79. The van der Waals surface area contributed by atoms with Crippen LogP contribution in [0.3, 0.4) is 0 Å². The van der Waals surface area contributed by atoms with Gasteiger partial charge in [-0.25, -0.2) is 4.98 Å². The van der Waals surface area contributed by atoms with E-state index in [4.69, 9.17) is 0 Å². The molecule has 1 aromatic carbocycles. The second kappa shape index (κ2) is 5.61. The van der Waals surface area contributed by atoms with E-state index in [1.807, 2.05) is 52.2 Å². The highest BCUT2D eigenvalue weighted by molar-refractivity contribution is 5.56. The Kier molecular flexibility index (Phi) is 3.90. The van der Waals surface area contributed by atoms with Gasteiger partial charge in [0.2, 0.25) is 0 Å². The Morgan fingerprint density at radius 1 is 1.00 bits per heavy atom. The lowest BCUT2D eigenvalue weighted by molar-refractivity contribution is 1.11. The molecule has 0 atom stereocenters. The number of benzene rings is 1. The van der Waals surface area contributed by atoms with Crippen molar-refractivity contribution in [3.05, 3.63) is 47.7 Å². The van der Waals surface area contributed by atoms with E-state index in [1.54, 1.807) is 6.20 Å². The molecule has 0 saturated heterocycles. The number of azo groups is 1. The number of pyridine rings is 1. The molecule has 4 nitrogen and oxygen atoms in total. The van der Waals surface area contributed by atoms with E-state index >= 15 is 0 Å². The van der Waals surface area contributed by atoms with Gasteiger partial charge >= 0.3 is 0 Å². The molecule has 2 rings (SSSR count). The molecule has 0 unspecified atom stereocenters. The number of aryl methyl sites for hydroxylation is 2. The fraction of sp³-hybridized carbons (Fsp3) is 0.267. The third-order valence-electron chi connectivity index (χ3n) is 2.85. The lowest BCUT2D eigenvalue weighted by Gasteiger charge is -2.13. The molecule has 0 radical (unpaired) electrons. The van der Waals surface area contributed by atoms with Crippen LogP contribution in [0.5, 0.6) is 0 Å². The highest BCUT2D eigenvalue weighted by atomic mass is 15.1. The van der Waals surface area contributed by atoms with Crippen molar-refractivity contribution >= 4 is 17.2 Å². The van der Waals surface area contributed by atoms with Crippen molar-refractivity contribution in [2.45, 2.75) is 13.8 Å². The van der Waals surface area contributed by atoms with Gasteiger partial charge in [0.05, 0.1) is 5.69 Å². The molecule has 98 valence electrons. The summed E-state index contributed by atoms with van der Waals surface area (Å²) in [7, 11) is 4.04. The van der Waals surface area contributed by atoms with Crippen molar-refractivity contribution in [2.24, 2.45) is 10.2 Å². The standard InChI is InChI=1S/C15H18N4/c1-11-5-8-15(16-10-11)18-17-14-7-6-13(19(3)4)9-12(14)2/h5-10H,1-4H3. The predicted molar refractivity (Wildman–Crippen MR) is 78.7 cm³/mol. The second-order valence-electron chi connectivity index (χ2n) is 4.76. The molecule has 0 spiro atoms. The first-order valence-corrected chi connectivity index (χ1v) is 6.18. The van der Waals surface area contributed by atoms with Gasteiger partial charge in [0.25, 0.3) is 0 Å². The van der Waals surface area contributed by atoms with E-state index in [9.17, 15) is 0 Å². The summed E-state index contributed by atoms with van der Waals surface area (Å²) in [4.78, 5) is 6.27. The molecule has 0 aliphatic rings. The maximum Gasteiger partial charge on any atom is 0.174 e. The Labute approximate surface area is 113 Å². The largest absolute Gasteiger partial charge is 0.378 e. The van der Waals surface area contributed by atoms with Gasteiger partial charge in [0.15, 0.2) is 5.82 Å². The lowest BCUT2D eigenvalue weighted by Crippen LogP contribution is -2.08. The molecule has 19 heavy (non-hydrogen) atoms. The van der Waals surface area contributed by atoms with Gasteiger partial charge in [-0.3, -0.25) is 0 Å². The average Bonchev–Trinajstić information content (AvgIpc) is 2.39. The van der Waals surface area contributed by atoms with Gasteiger partial charge < -0.3 is 4.90 Å². The molecule has 0 saturated carbocycles. The van der Waals surface area contributed by atoms with Crippen molar-refractivity contribution in [2.75, 3.05) is 19.0 Å². The van der Waals surface area contributed by atoms with E-state index in [2.05, 4.69) is 26.2 Å². The van der Waals surface area contributed by atoms with E-state index in [-0.39, 0.29) is 0 Å². The minimum Gasteiger partial charge on any atom is -0.378 e. The summed E-state index contributed by atoms with van der Waals surface area (Å²) in [6.45, 7) is 4.03. The minimum absolute atomic E-state index is 0.627. The van der Waals surface area contributed by atoms with Gasteiger partial charge in [-0.15, -0.1) is 10.2 Å². The predicted octanol–water partition coefficient (Wildman–Crippen LogP) is 4.18. The molecule has 1 heterocycles. The number of rotatable bonds is 3. The van der Waals surface area contributed by atoms with Crippen molar-refractivity contribution < 1.29 is 0 Å². The van der Waals surface area contributed by atoms with Crippen molar-refractivity contribution in [3.8, 4) is 0 Å². The zero-order valence-corrected chi connectivity index (χ0v) is 11.8. The van der Waals surface area contributed by atoms with E-state index in [0.717, 1.165) is 22.5 Å². The summed E-state index contributed by atoms with van der Waals surface area (Å²) in [5.41, 5.74) is 4.24. The maximum absolute atomic E-state index is 4.25. The molecule has 4 heteroatoms. The molecule has 0 fully saturated rings. The Hall–Kier alpha value is -2.23. The third kappa shape index (κ3) is 3.37. The number of hydrogen-bond donors (Lipinski definition) is 0. The van der Waals surface area contributed by atoms with Crippen LogP contribution in [0.25, 0.3) is 0 Å². The zero-order valence-electron chi connectivity index (χ0n) is 11.8. The summed E-state index contributed by atoms with van der Waals surface area (Å²) < 4.78 is 0. The van der Waals surface area contributed by atoms with Crippen molar-refractivity contribution in [1.29, 1.82) is 0 Å². The van der Waals surface area contributed by atoms with Crippen LogP contribution in [0.2, 0.25) is 0 Å². The normalized spacial score (nSPS) is 10.9. The van der Waals surface area contributed by atoms with Gasteiger partial charge in [0.1, 0.15) is 0 Å². The molecule has 1 aromatic heterocycles. The smallest absolute Gasteiger partial charge is 0.174 e. The molecular formula is C15H18N4. The molecule has 0 aliphatic carbocycles. The Bertz CT molecular complexity index is 586. The number of anilines is 1. The van der Waals surface area contributed by atoms with Gasteiger partial charge in [-0.05, 0) is 49.2 Å². The fourth-order valence-corrected chi connectivity index (χ4v) is 1.65. The van der Waals surface area contributed by atoms with E-state index in [1.165, 1.54) is 0 Å². The Morgan fingerprint density at radius 2 is 1.79 bits per heavy atom. The lowest BCUT2D eigenvalue weighted by atomic mass is 10.2. The fourth-order valence-electron chi connectivity index (χ4n) is 1.65. The molecule has 0 bridgehead atoms. The summed E-state index contributed by atoms with van der Waals surface area (Å²) >= 11 is 0. The summed E-state index contributed by atoms with van der Waals surface area (Å²) in [5, 5.41) is 8.40. The van der Waals surface area contributed by atoms with Gasteiger partial charge in [-0.1, -0.05) is 6.07 Å². The van der Waals surface area contributed by atoms with Gasteiger partial charge in [0, 0.05) is 26.0 Å². The molecule has 0 N–H and O–H groups in total. The quantitative estimate of drug-likeness (QED) is 0.771. The average molecular weight is 254 g/mol.